The van der Waals surface area contributed by atoms with Gasteiger partial charge in [0.05, 0.1) is 0 Å². The number of carbonyl (C=O) groups is 3. The van der Waals surface area contributed by atoms with Crippen LogP contribution < -0.4 is 14.9 Å². The lowest BCUT2D eigenvalue weighted by Gasteiger charge is -2.32. The van der Waals surface area contributed by atoms with Crippen LogP contribution in [-0.2, 0) is 14.4 Å². The fourth-order valence-corrected chi connectivity index (χ4v) is 8.21. The van der Waals surface area contributed by atoms with E-state index in [1.165, 1.54) is 57.8 Å². The van der Waals surface area contributed by atoms with Crippen LogP contribution in [0.3, 0.4) is 0 Å². The van der Waals surface area contributed by atoms with E-state index < -0.39 is 8.56 Å². The quantitative estimate of drug-likeness (QED) is 0.429. The predicted octanol–water partition coefficient (Wildman–Crippen LogP) is 4.81. The fourth-order valence-electron chi connectivity index (χ4n) is 6.04. The van der Waals surface area contributed by atoms with Gasteiger partial charge in [-0.3, -0.25) is 14.4 Å². The minimum Gasteiger partial charge on any atom is -0.348 e. The van der Waals surface area contributed by atoms with Crippen molar-refractivity contribution in [1.29, 1.82) is 0 Å². The van der Waals surface area contributed by atoms with E-state index in [2.05, 4.69) is 14.9 Å². The molecular formula is C25H45N3O3Si. The first-order valence-electron chi connectivity index (χ1n) is 13.3. The van der Waals surface area contributed by atoms with Crippen molar-refractivity contribution in [1.82, 2.24) is 14.9 Å². The largest absolute Gasteiger partial charge is 0.375 e. The number of nitrogens with one attached hydrogen (secondary N) is 3. The van der Waals surface area contributed by atoms with Crippen LogP contribution >= 0.6 is 0 Å². The highest BCUT2D eigenvalue weighted by atomic mass is 28.4. The average Bonchev–Trinajstić information content (AvgIpc) is 2.75. The molecule has 0 heterocycles. The van der Waals surface area contributed by atoms with E-state index in [1.807, 2.05) is 6.55 Å². The first-order chi connectivity index (χ1) is 15.4. The van der Waals surface area contributed by atoms with Crippen molar-refractivity contribution in [2.24, 2.45) is 17.8 Å². The van der Waals surface area contributed by atoms with E-state index in [-0.39, 0.29) is 17.7 Å². The second-order valence-electron chi connectivity index (χ2n) is 10.9. The summed E-state index contributed by atoms with van der Waals surface area (Å²) in [5, 5.41) is 0. The van der Waals surface area contributed by atoms with E-state index >= 15 is 0 Å². The Bertz CT molecular complexity index is 540. The first kappa shape index (κ1) is 25.3. The molecule has 7 heteroatoms. The van der Waals surface area contributed by atoms with Crippen molar-refractivity contribution >= 4 is 26.3 Å². The van der Waals surface area contributed by atoms with Gasteiger partial charge in [-0.25, -0.2) is 0 Å². The third-order valence-corrected chi connectivity index (χ3v) is 10.1. The van der Waals surface area contributed by atoms with E-state index in [0.717, 1.165) is 38.5 Å². The SMILES string of the molecule is C[Si](NC(=O)CC1CCCCC1)(NC(=O)CC1CCCCC1)NC(=O)CC1CCCCC1. The normalized spacial score (nSPS) is 21.7. The van der Waals surface area contributed by atoms with Crippen LogP contribution in [0.4, 0.5) is 0 Å². The molecule has 3 amide bonds. The minimum atomic E-state index is -2.99. The molecule has 3 fully saturated rings. The highest BCUT2D eigenvalue weighted by Gasteiger charge is 2.37. The fraction of sp³-hybridized carbons (Fsp3) is 0.880. The molecule has 3 rings (SSSR count). The molecule has 0 aromatic heterocycles. The Morgan fingerprint density at radius 3 is 1.03 bits per heavy atom. The maximum atomic E-state index is 12.9. The van der Waals surface area contributed by atoms with Gasteiger partial charge in [0.2, 0.25) is 17.7 Å². The number of carbonyl (C=O) groups excluding carboxylic acids is 3. The zero-order valence-corrected chi connectivity index (χ0v) is 21.2. The summed E-state index contributed by atoms with van der Waals surface area (Å²) in [5.41, 5.74) is 0. The lowest BCUT2D eigenvalue weighted by molar-refractivity contribution is -0.121. The van der Waals surface area contributed by atoms with Crippen molar-refractivity contribution in [3.63, 3.8) is 0 Å². The van der Waals surface area contributed by atoms with Gasteiger partial charge in [0.1, 0.15) is 0 Å². The number of amides is 3. The van der Waals surface area contributed by atoms with Crippen molar-refractivity contribution in [3.8, 4) is 0 Å². The van der Waals surface area contributed by atoms with Crippen molar-refractivity contribution in [3.05, 3.63) is 0 Å². The molecule has 0 unspecified atom stereocenters. The summed E-state index contributed by atoms with van der Waals surface area (Å²) in [7, 11) is -2.99. The molecular weight excluding hydrogens is 418 g/mol. The van der Waals surface area contributed by atoms with Crippen LogP contribution in [0.2, 0.25) is 6.55 Å². The second-order valence-corrected chi connectivity index (χ2v) is 13.9. The standard InChI is InChI=1S/C25H45N3O3Si/c1-32(26-23(29)17-20-11-5-2-6-12-20,27-24(30)18-21-13-7-3-8-14-21)28-25(31)19-22-15-9-4-10-16-22/h20-22H,2-19H2,1H3,(H,26,29)(H,27,30)(H,28,31). The summed E-state index contributed by atoms with van der Waals surface area (Å²) in [6.07, 6.45) is 19.1. The summed E-state index contributed by atoms with van der Waals surface area (Å²) >= 11 is 0. The Hall–Kier alpha value is -1.37. The lowest BCUT2D eigenvalue weighted by Crippen LogP contribution is -2.74. The maximum Gasteiger partial charge on any atom is 0.375 e. The van der Waals surface area contributed by atoms with Gasteiger partial charge >= 0.3 is 8.56 Å². The highest BCUT2D eigenvalue weighted by molar-refractivity contribution is 6.77. The summed E-state index contributed by atoms with van der Waals surface area (Å²) < 4.78 is 0. The average molecular weight is 464 g/mol. The number of hydrogen-bond acceptors (Lipinski definition) is 3. The van der Waals surface area contributed by atoms with E-state index in [4.69, 9.17) is 0 Å². The zero-order chi connectivity index (χ0) is 22.8. The van der Waals surface area contributed by atoms with Gasteiger partial charge in [-0.05, 0) is 62.8 Å². The van der Waals surface area contributed by atoms with Gasteiger partial charge in [0, 0.05) is 19.3 Å². The molecule has 0 atom stereocenters. The molecule has 182 valence electrons. The van der Waals surface area contributed by atoms with Crippen molar-refractivity contribution in [2.75, 3.05) is 0 Å². The first-order valence-corrected chi connectivity index (χ1v) is 15.8. The number of hydrogen-bond donors (Lipinski definition) is 3. The monoisotopic (exact) mass is 463 g/mol. The van der Waals surface area contributed by atoms with Gasteiger partial charge in [0.25, 0.3) is 0 Å². The molecule has 0 aromatic carbocycles. The molecule has 0 saturated heterocycles. The summed E-state index contributed by atoms with van der Waals surface area (Å²) in [6, 6.07) is 0. The molecule has 0 spiro atoms. The molecule has 3 N–H and O–H groups in total. The molecule has 0 radical (unpaired) electrons. The molecule has 32 heavy (non-hydrogen) atoms. The third-order valence-electron chi connectivity index (χ3n) is 7.76. The predicted molar refractivity (Wildman–Crippen MR) is 130 cm³/mol. The maximum absolute atomic E-state index is 12.9. The minimum absolute atomic E-state index is 0.0259. The molecule has 0 aromatic rings. The highest BCUT2D eigenvalue weighted by Crippen LogP contribution is 2.28. The topological polar surface area (TPSA) is 87.3 Å². The van der Waals surface area contributed by atoms with Crippen LogP contribution in [-0.4, -0.2) is 26.3 Å². The van der Waals surface area contributed by atoms with Crippen molar-refractivity contribution < 1.29 is 14.4 Å². The van der Waals surface area contributed by atoms with Crippen molar-refractivity contribution in [2.45, 2.75) is 122 Å². The van der Waals surface area contributed by atoms with Crippen LogP contribution in [0.25, 0.3) is 0 Å². The van der Waals surface area contributed by atoms with Gasteiger partial charge in [-0.1, -0.05) is 57.8 Å². The number of rotatable bonds is 9. The Morgan fingerprint density at radius 1 is 0.531 bits per heavy atom. The van der Waals surface area contributed by atoms with Crippen LogP contribution in [0.1, 0.15) is 116 Å². The van der Waals surface area contributed by atoms with E-state index in [0.29, 0.717) is 37.0 Å². The third kappa shape index (κ3) is 8.87. The van der Waals surface area contributed by atoms with Gasteiger partial charge in [0.15, 0.2) is 0 Å². The van der Waals surface area contributed by atoms with Crippen LogP contribution in [0.15, 0.2) is 0 Å². The van der Waals surface area contributed by atoms with Crippen LogP contribution in [0, 0.1) is 17.8 Å². The Balaban J connectivity index is 1.57. The molecule has 0 bridgehead atoms. The summed E-state index contributed by atoms with van der Waals surface area (Å²) in [5.74, 6) is 1.21. The Labute approximate surface area is 195 Å². The second kappa shape index (κ2) is 12.8. The smallest absolute Gasteiger partial charge is 0.348 e. The molecule has 3 saturated carbocycles. The van der Waals surface area contributed by atoms with Crippen LogP contribution in [0.5, 0.6) is 0 Å². The Kier molecular flexibility index (Phi) is 10.1. The Morgan fingerprint density at radius 2 is 0.781 bits per heavy atom. The molecule has 3 aliphatic carbocycles. The van der Waals surface area contributed by atoms with E-state index in [1.54, 1.807) is 0 Å². The molecule has 6 nitrogen and oxygen atoms in total. The van der Waals surface area contributed by atoms with Gasteiger partial charge in [-0.15, -0.1) is 0 Å². The van der Waals surface area contributed by atoms with E-state index in [9.17, 15) is 14.4 Å². The lowest BCUT2D eigenvalue weighted by atomic mass is 9.87. The summed E-state index contributed by atoms with van der Waals surface area (Å²) in [4.78, 5) is 48.0. The molecule has 0 aliphatic heterocycles. The summed E-state index contributed by atoms with van der Waals surface area (Å²) in [6.45, 7) is 1.86. The van der Waals surface area contributed by atoms with Gasteiger partial charge < -0.3 is 14.9 Å². The van der Waals surface area contributed by atoms with Gasteiger partial charge in [-0.2, -0.15) is 0 Å². The molecule has 3 aliphatic rings. The zero-order valence-electron chi connectivity index (χ0n) is 20.2.